The molecule has 1 saturated carbocycles. The van der Waals surface area contributed by atoms with Gasteiger partial charge >= 0.3 is 0 Å². The van der Waals surface area contributed by atoms with Crippen molar-refractivity contribution in [3.8, 4) is 5.75 Å². The zero-order valence-corrected chi connectivity index (χ0v) is 16.0. The summed E-state index contributed by atoms with van der Waals surface area (Å²) in [7, 11) is 0. The van der Waals surface area contributed by atoms with Gasteiger partial charge in [0.15, 0.2) is 0 Å². The summed E-state index contributed by atoms with van der Waals surface area (Å²) in [4.78, 5) is 13.0. The van der Waals surface area contributed by atoms with E-state index in [1.165, 1.54) is 0 Å². The Labute approximate surface area is 154 Å². The van der Waals surface area contributed by atoms with Gasteiger partial charge in [-0.3, -0.25) is 4.79 Å². The van der Waals surface area contributed by atoms with Crippen molar-refractivity contribution in [1.29, 1.82) is 0 Å². The van der Waals surface area contributed by atoms with Crippen molar-refractivity contribution in [1.82, 2.24) is 0 Å². The Morgan fingerprint density at radius 1 is 1.44 bits per heavy atom. The minimum Gasteiger partial charge on any atom is -0.489 e. The molecule has 0 radical (unpaired) electrons. The first-order valence-corrected chi connectivity index (χ1v) is 9.24. The van der Waals surface area contributed by atoms with Crippen LogP contribution in [0.15, 0.2) is 18.2 Å². The van der Waals surface area contributed by atoms with Crippen LogP contribution in [-0.2, 0) is 9.53 Å². The molecule has 2 aliphatic rings. The van der Waals surface area contributed by atoms with Crippen LogP contribution in [0.5, 0.6) is 5.75 Å². The van der Waals surface area contributed by atoms with E-state index in [2.05, 4.69) is 5.32 Å². The number of amides is 1. The molecular formula is C19H27ClN2O3. The fourth-order valence-corrected chi connectivity index (χ4v) is 4.42. The third kappa shape index (κ3) is 2.92. The van der Waals surface area contributed by atoms with Gasteiger partial charge in [0.05, 0.1) is 17.2 Å². The quantitative estimate of drug-likeness (QED) is 0.853. The molecule has 138 valence electrons. The van der Waals surface area contributed by atoms with Crippen LogP contribution in [0.4, 0.5) is 5.69 Å². The predicted molar refractivity (Wildman–Crippen MR) is 99.0 cm³/mol. The van der Waals surface area contributed by atoms with Gasteiger partial charge in [0.1, 0.15) is 11.3 Å². The topological polar surface area (TPSA) is 73.6 Å². The number of nitrogens with two attached hydrogens (primary N) is 1. The fraction of sp³-hybridized carbons (Fsp3) is 0.632. The molecule has 3 atom stereocenters. The van der Waals surface area contributed by atoms with Crippen LogP contribution < -0.4 is 15.8 Å². The first kappa shape index (κ1) is 18.5. The SMILES string of the molecule is CC(C)Oc1ccc(NC(=O)C2(N)C3CCCOC3C2(C)C)cc1Cl. The summed E-state index contributed by atoms with van der Waals surface area (Å²) in [6.07, 6.45) is 1.93. The predicted octanol–water partition coefficient (Wildman–Crippen LogP) is 3.60. The lowest BCUT2D eigenvalue weighted by Gasteiger charge is -2.65. The summed E-state index contributed by atoms with van der Waals surface area (Å²) in [5.74, 6) is 0.468. The largest absolute Gasteiger partial charge is 0.489 e. The summed E-state index contributed by atoms with van der Waals surface area (Å²) in [6.45, 7) is 8.63. The molecule has 1 aliphatic carbocycles. The molecule has 3 N–H and O–H groups in total. The van der Waals surface area contributed by atoms with Gasteiger partial charge in [0.25, 0.3) is 0 Å². The van der Waals surface area contributed by atoms with E-state index in [1.54, 1.807) is 18.2 Å². The Morgan fingerprint density at radius 2 is 2.16 bits per heavy atom. The number of rotatable bonds is 4. The Balaban J connectivity index is 1.77. The van der Waals surface area contributed by atoms with E-state index in [-0.39, 0.29) is 24.0 Å². The molecule has 1 aromatic carbocycles. The standard InChI is InChI=1S/C19H27ClN2O3/c1-11(2)25-15-8-7-12(10-14(15)20)22-17(23)19(21)13-6-5-9-24-16(13)18(19,3)4/h7-8,10-11,13,16H,5-6,9,21H2,1-4H3,(H,22,23). The molecule has 1 heterocycles. The van der Waals surface area contributed by atoms with Crippen molar-refractivity contribution in [2.24, 2.45) is 17.1 Å². The van der Waals surface area contributed by atoms with Gasteiger partial charge in [-0.15, -0.1) is 0 Å². The maximum atomic E-state index is 13.0. The molecule has 3 rings (SSSR count). The van der Waals surface area contributed by atoms with E-state index in [0.717, 1.165) is 19.4 Å². The second kappa shape index (κ2) is 6.45. The lowest BCUT2D eigenvalue weighted by Crippen LogP contribution is -2.81. The smallest absolute Gasteiger partial charge is 0.245 e. The molecule has 2 fully saturated rings. The molecule has 25 heavy (non-hydrogen) atoms. The van der Waals surface area contributed by atoms with Crippen LogP contribution in [0.25, 0.3) is 0 Å². The monoisotopic (exact) mass is 366 g/mol. The average molecular weight is 367 g/mol. The summed E-state index contributed by atoms with van der Waals surface area (Å²) < 4.78 is 11.5. The van der Waals surface area contributed by atoms with Crippen molar-refractivity contribution < 1.29 is 14.3 Å². The number of carbonyl (C=O) groups excluding carboxylic acids is 1. The molecule has 1 aliphatic heterocycles. The van der Waals surface area contributed by atoms with Gasteiger partial charge in [-0.1, -0.05) is 25.4 Å². The number of fused-ring (bicyclic) bond motifs is 1. The summed E-state index contributed by atoms with van der Waals surface area (Å²) in [5, 5.41) is 3.40. The molecule has 3 unspecified atom stereocenters. The Hall–Kier alpha value is -1.30. The lowest BCUT2D eigenvalue weighted by atomic mass is 9.46. The minimum absolute atomic E-state index is 0.0317. The molecule has 1 aromatic rings. The van der Waals surface area contributed by atoms with Crippen molar-refractivity contribution >= 4 is 23.2 Å². The van der Waals surface area contributed by atoms with Crippen LogP contribution in [0, 0.1) is 11.3 Å². The van der Waals surface area contributed by atoms with E-state index >= 15 is 0 Å². The fourth-order valence-electron chi connectivity index (χ4n) is 4.20. The van der Waals surface area contributed by atoms with E-state index in [0.29, 0.717) is 16.5 Å². The van der Waals surface area contributed by atoms with Crippen LogP contribution in [0.1, 0.15) is 40.5 Å². The van der Waals surface area contributed by atoms with Crippen LogP contribution in [0.3, 0.4) is 0 Å². The first-order valence-electron chi connectivity index (χ1n) is 8.86. The second-order valence-corrected chi connectivity index (χ2v) is 8.30. The number of hydrogen-bond donors (Lipinski definition) is 2. The number of halogens is 1. The summed E-state index contributed by atoms with van der Waals surface area (Å²) in [5.41, 5.74) is 5.87. The second-order valence-electron chi connectivity index (χ2n) is 7.90. The molecule has 0 spiro atoms. The van der Waals surface area contributed by atoms with Gasteiger partial charge in [0, 0.05) is 23.6 Å². The maximum Gasteiger partial charge on any atom is 0.245 e. The maximum absolute atomic E-state index is 13.0. The Kier molecular flexibility index (Phi) is 4.77. The highest BCUT2D eigenvalue weighted by Gasteiger charge is 2.70. The molecule has 1 saturated heterocycles. The number of hydrogen-bond acceptors (Lipinski definition) is 4. The number of nitrogens with one attached hydrogen (secondary N) is 1. The molecular weight excluding hydrogens is 340 g/mol. The zero-order valence-electron chi connectivity index (χ0n) is 15.3. The average Bonchev–Trinajstić information content (AvgIpc) is 2.56. The van der Waals surface area contributed by atoms with Crippen molar-refractivity contribution in [2.75, 3.05) is 11.9 Å². The van der Waals surface area contributed by atoms with E-state index in [9.17, 15) is 4.79 Å². The normalized spacial score (nSPS) is 30.4. The Morgan fingerprint density at radius 3 is 2.80 bits per heavy atom. The van der Waals surface area contributed by atoms with Crippen LogP contribution >= 0.6 is 11.6 Å². The highest BCUT2D eigenvalue weighted by Crippen LogP contribution is 2.57. The first-order chi connectivity index (χ1) is 11.7. The van der Waals surface area contributed by atoms with Crippen molar-refractivity contribution in [3.05, 3.63) is 23.2 Å². The van der Waals surface area contributed by atoms with Gasteiger partial charge in [0.2, 0.25) is 5.91 Å². The van der Waals surface area contributed by atoms with Crippen LogP contribution in [-0.4, -0.2) is 30.3 Å². The lowest BCUT2D eigenvalue weighted by molar-refractivity contribution is -0.222. The van der Waals surface area contributed by atoms with Gasteiger partial charge in [-0.2, -0.15) is 0 Å². The molecule has 0 bridgehead atoms. The van der Waals surface area contributed by atoms with Crippen LogP contribution in [0.2, 0.25) is 5.02 Å². The van der Waals surface area contributed by atoms with Crippen molar-refractivity contribution in [3.63, 3.8) is 0 Å². The minimum atomic E-state index is -0.947. The third-order valence-corrected chi connectivity index (χ3v) is 5.91. The molecule has 0 aromatic heterocycles. The van der Waals surface area contributed by atoms with E-state index in [1.807, 2.05) is 27.7 Å². The number of anilines is 1. The molecule has 5 nitrogen and oxygen atoms in total. The summed E-state index contributed by atoms with van der Waals surface area (Å²) >= 11 is 6.26. The summed E-state index contributed by atoms with van der Waals surface area (Å²) in [6, 6.07) is 5.24. The van der Waals surface area contributed by atoms with Crippen molar-refractivity contribution in [2.45, 2.75) is 58.3 Å². The number of ether oxygens (including phenoxy) is 2. The van der Waals surface area contributed by atoms with Gasteiger partial charge in [-0.25, -0.2) is 0 Å². The zero-order chi connectivity index (χ0) is 18.4. The highest BCUT2D eigenvalue weighted by atomic mass is 35.5. The van der Waals surface area contributed by atoms with Gasteiger partial charge in [-0.05, 0) is 44.9 Å². The number of benzene rings is 1. The van der Waals surface area contributed by atoms with E-state index < -0.39 is 11.0 Å². The number of carbonyl (C=O) groups is 1. The molecule has 1 amide bonds. The third-order valence-electron chi connectivity index (χ3n) is 5.61. The highest BCUT2D eigenvalue weighted by molar-refractivity contribution is 6.32. The van der Waals surface area contributed by atoms with Gasteiger partial charge < -0.3 is 20.5 Å². The van der Waals surface area contributed by atoms with E-state index in [4.69, 9.17) is 26.8 Å². The Bertz CT molecular complexity index is 677. The molecule has 6 heteroatoms.